The summed E-state index contributed by atoms with van der Waals surface area (Å²) in [6.07, 6.45) is 0.355. The predicted octanol–water partition coefficient (Wildman–Crippen LogP) is 1.77. The predicted molar refractivity (Wildman–Crippen MR) is 67.9 cm³/mol. The molecule has 19 heavy (non-hydrogen) atoms. The smallest absolute Gasteiger partial charge is 0.326 e. The number of nitrogens with zero attached hydrogens (tertiary/aromatic N) is 3. The van der Waals surface area contributed by atoms with Crippen LogP contribution >= 0.6 is 0 Å². The van der Waals surface area contributed by atoms with E-state index in [1.54, 1.807) is 14.0 Å². The molecule has 0 fully saturated rings. The summed E-state index contributed by atoms with van der Waals surface area (Å²) >= 11 is 0. The number of hydrogen-bond donors (Lipinski definition) is 1. The van der Waals surface area contributed by atoms with Gasteiger partial charge in [-0.3, -0.25) is 10.1 Å². The van der Waals surface area contributed by atoms with Crippen molar-refractivity contribution in [2.75, 3.05) is 11.9 Å². The van der Waals surface area contributed by atoms with E-state index in [4.69, 9.17) is 10.4 Å². The van der Waals surface area contributed by atoms with Gasteiger partial charge in [0, 0.05) is 19.2 Å². The molecule has 0 saturated carbocycles. The fourth-order valence-electron chi connectivity index (χ4n) is 1.82. The summed E-state index contributed by atoms with van der Waals surface area (Å²) in [6, 6.07) is 4.85. The number of carboxylic acids is 1. The fraction of sp³-hybridized carbons (Fsp3) is 0.333. The molecule has 0 heterocycles. The number of rotatable bonds is 5. The average Bonchev–Trinajstić information content (AvgIpc) is 2.37. The average molecular weight is 263 g/mol. The summed E-state index contributed by atoms with van der Waals surface area (Å²) in [6.45, 7) is 1.72. The van der Waals surface area contributed by atoms with E-state index in [0.29, 0.717) is 12.1 Å². The topological polar surface area (TPSA) is 107 Å². The number of carbonyl (C=O) groups is 1. The molecule has 1 aromatic carbocycles. The first-order valence-electron chi connectivity index (χ1n) is 5.56. The summed E-state index contributed by atoms with van der Waals surface area (Å²) in [5.41, 5.74) is 0.246. The number of carboxylic acid groups (broad SMARTS) is 1. The molecule has 1 rings (SSSR count). The Bertz CT molecular complexity index is 550. The van der Waals surface area contributed by atoms with Crippen LogP contribution in [0.15, 0.2) is 18.2 Å². The van der Waals surface area contributed by atoms with Crippen LogP contribution in [0.1, 0.15) is 18.9 Å². The molecular formula is C12H13N3O4. The Morgan fingerprint density at radius 1 is 1.63 bits per heavy atom. The van der Waals surface area contributed by atoms with E-state index in [1.807, 2.05) is 6.07 Å². The minimum atomic E-state index is -1.01. The summed E-state index contributed by atoms with van der Waals surface area (Å²) < 4.78 is 0. The maximum Gasteiger partial charge on any atom is 0.326 e. The molecule has 0 spiro atoms. The number of likely N-dealkylation sites (N-methyl/N-ethyl adjacent to an activating group) is 1. The lowest BCUT2D eigenvalue weighted by Crippen LogP contribution is -2.38. The van der Waals surface area contributed by atoms with Gasteiger partial charge in [-0.2, -0.15) is 5.26 Å². The van der Waals surface area contributed by atoms with E-state index in [2.05, 4.69) is 0 Å². The van der Waals surface area contributed by atoms with Crippen molar-refractivity contribution in [3.63, 3.8) is 0 Å². The van der Waals surface area contributed by atoms with Gasteiger partial charge < -0.3 is 10.0 Å². The van der Waals surface area contributed by atoms with Crippen molar-refractivity contribution in [2.45, 2.75) is 19.4 Å². The second kappa shape index (κ2) is 5.82. The summed E-state index contributed by atoms with van der Waals surface area (Å²) in [4.78, 5) is 22.6. The summed E-state index contributed by atoms with van der Waals surface area (Å²) in [5.74, 6) is -1.01. The van der Waals surface area contributed by atoms with Gasteiger partial charge in [0.05, 0.1) is 16.2 Å². The number of aliphatic carboxylic acids is 1. The number of nitro benzene ring substituents is 1. The number of hydrogen-bond acceptors (Lipinski definition) is 5. The minimum absolute atomic E-state index is 0.0800. The monoisotopic (exact) mass is 263 g/mol. The molecule has 7 heteroatoms. The Morgan fingerprint density at radius 3 is 2.68 bits per heavy atom. The SMILES string of the molecule is CCC(C(=O)O)N(C)c1ccc([N+](=O)[O-])cc1C#N. The van der Waals surface area contributed by atoms with Crippen LogP contribution in [0, 0.1) is 21.4 Å². The Hall–Kier alpha value is -2.62. The van der Waals surface area contributed by atoms with Gasteiger partial charge in [0.25, 0.3) is 5.69 Å². The Labute approximate surface area is 109 Å². The highest BCUT2D eigenvalue weighted by Gasteiger charge is 2.23. The first-order valence-corrected chi connectivity index (χ1v) is 5.56. The first-order chi connectivity index (χ1) is 8.92. The van der Waals surface area contributed by atoms with E-state index in [9.17, 15) is 14.9 Å². The van der Waals surface area contributed by atoms with Gasteiger partial charge >= 0.3 is 5.97 Å². The van der Waals surface area contributed by atoms with E-state index in [-0.39, 0.29) is 11.3 Å². The van der Waals surface area contributed by atoms with Crippen molar-refractivity contribution in [3.8, 4) is 6.07 Å². The van der Waals surface area contributed by atoms with Gasteiger partial charge in [-0.15, -0.1) is 0 Å². The van der Waals surface area contributed by atoms with Crippen molar-refractivity contribution in [1.29, 1.82) is 5.26 Å². The van der Waals surface area contributed by atoms with E-state index < -0.39 is 16.9 Å². The molecule has 0 aliphatic rings. The quantitative estimate of drug-likeness (QED) is 0.640. The van der Waals surface area contributed by atoms with Crippen molar-refractivity contribution in [2.24, 2.45) is 0 Å². The molecule has 0 amide bonds. The summed E-state index contributed by atoms with van der Waals surface area (Å²) in [5, 5.41) is 28.7. The zero-order valence-electron chi connectivity index (χ0n) is 10.5. The summed E-state index contributed by atoms with van der Waals surface area (Å²) in [7, 11) is 1.55. The minimum Gasteiger partial charge on any atom is -0.480 e. The highest BCUT2D eigenvalue weighted by Crippen LogP contribution is 2.26. The third-order valence-electron chi connectivity index (χ3n) is 2.83. The van der Waals surface area contributed by atoms with Crippen LogP contribution in [0.4, 0.5) is 11.4 Å². The fourth-order valence-corrected chi connectivity index (χ4v) is 1.82. The first kappa shape index (κ1) is 14.4. The molecule has 7 nitrogen and oxygen atoms in total. The normalized spacial score (nSPS) is 11.4. The second-order valence-corrected chi connectivity index (χ2v) is 3.94. The maximum atomic E-state index is 11.1. The van der Waals surface area contributed by atoms with Crippen molar-refractivity contribution in [3.05, 3.63) is 33.9 Å². The standard InChI is InChI=1S/C12H13N3O4/c1-3-10(12(16)17)14(2)11-5-4-9(15(18)19)6-8(11)7-13/h4-6,10H,3H2,1-2H3,(H,16,17). The third-order valence-corrected chi connectivity index (χ3v) is 2.83. The lowest BCUT2D eigenvalue weighted by molar-refractivity contribution is -0.384. The Kier molecular flexibility index (Phi) is 4.42. The van der Waals surface area contributed by atoms with Gasteiger partial charge in [0.1, 0.15) is 12.1 Å². The van der Waals surface area contributed by atoms with Gasteiger partial charge in [-0.05, 0) is 12.5 Å². The van der Waals surface area contributed by atoms with Gasteiger partial charge in [0.2, 0.25) is 0 Å². The highest BCUT2D eigenvalue weighted by atomic mass is 16.6. The van der Waals surface area contributed by atoms with Crippen LogP contribution in [-0.2, 0) is 4.79 Å². The molecule has 0 aliphatic heterocycles. The molecule has 0 bridgehead atoms. The largest absolute Gasteiger partial charge is 0.480 e. The zero-order valence-corrected chi connectivity index (χ0v) is 10.5. The number of nitriles is 1. The molecule has 0 radical (unpaired) electrons. The number of nitro groups is 1. The highest BCUT2D eigenvalue weighted by molar-refractivity contribution is 5.79. The van der Waals surface area contributed by atoms with E-state index in [0.717, 1.165) is 6.07 Å². The molecule has 100 valence electrons. The van der Waals surface area contributed by atoms with Crippen LogP contribution in [0.5, 0.6) is 0 Å². The molecule has 1 atom stereocenters. The zero-order chi connectivity index (χ0) is 14.6. The second-order valence-electron chi connectivity index (χ2n) is 3.94. The molecule has 1 N–H and O–H groups in total. The number of benzene rings is 1. The molecular weight excluding hydrogens is 250 g/mol. The molecule has 0 saturated heterocycles. The number of non-ortho nitro benzene ring substituents is 1. The molecule has 0 aliphatic carbocycles. The maximum absolute atomic E-state index is 11.1. The van der Waals surface area contributed by atoms with E-state index in [1.165, 1.54) is 17.0 Å². The molecule has 0 aromatic heterocycles. The van der Waals surface area contributed by atoms with E-state index >= 15 is 0 Å². The van der Waals surface area contributed by atoms with Gasteiger partial charge in [0.15, 0.2) is 0 Å². The van der Waals surface area contributed by atoms with Crippen LogP contribution < -0.4 is 4.90 Å². The van der Waals surface area contributed by atoms with Crippen molar-refractivity contribution >= 4 is 17.3 Å². The molecule has 1 aromatic rings. The molecule has 1 unspecified atom stereocenters. The lowest BCUT2D eigenvalue weighted by Gasteiger charge is -2.26. The van der Waals surface area contributed by atoms with Gasteiger partial charge in [-0.1, -0.05) is 6.92 Å². The van der Waals surface area contributed by atoms with Crippen LogP contribution in [-0.4, -0.2) is 29.1 Å². The van der Waals surface area contributed by atoms with Crippen molar-refractivity contribution < 1.29 is 14.8 Å². The van der Waals surface area contributed by atoms with Crippen LogP contribution in [0.25, 0.3) is 0 Å². The number of anilines is 1. The Morgan fingerprint density at radius 2 is 2.26 bits per heavy atom. The Balaban J connectivity index is 3.24. The lowest BCUT2D eigenvalue weighted by atomic mass is 10.1. The van der Waals surface area contributed by atoms with Crippen LogP contribution in [0.3, 0.4) is 0 Å². The van der Waals surface area contributed by atoms with Gasteiger partial charge in [-0.25, -0.2) is 4.79 Å². The third kappa shape index (κ3) is 2.98. The van der Waals surface area contributed by atoms with Crippen LogP contribution in [0.2, 0.25) is 0 Å². The van der Waals surface area contributed by atoms with Crippen molar-refractivity contribution in [1.82, 2.24) is 0 Å².